The van der Waals surface area contributed by atoms with Gasteiger partial charge in [-0.2, -0.15) is 0 Å². The molecule has 0 amide bonds. The second kappa shape index (κ2) is 79.4. The fourth-order valence-corrected chi connectivity index (χ4v) is 0.896. The first-order valence-electron chi connectivity index (χ1n) is 6.37. The molecule has 4 radical (unpaired) electrons. The molecular weight excluding hydrogens is 634 g/mol. The van der Waals surface area contributed by atoms with Gasteiger partial charge < -0.3 is 45.9 Å². The van der Waals surface area contributed by atoms with Gasteiger partial charge in [0.1, 0.15) is 11.2 Å². The Labute approximate surface area is 211 Å². The summed E-state index contributed by atoms with van der Waals surface area (Å²) in [5.74, 6) is 0. The van der Waals surface area contributed by atoms with Gasteiger partial charge in [-0.15, -0.1) is 31.2 Å². The third-order valence-corrected chi connectivity index (χ3v) is 1.63. The van der Waals surface area contributed by atoms with E-state index in [1.54, 1.807) is 12.4 Å². The van der Waals surface area contributed by atoms with Crippen LogP contribution in [0.2, 0.25) is 0 Å². The van der Waals surface area contributed by atoms with E-state index in [0.717, 1.165) is 32.7 Å². The van der Waals surface area contributed by atoms with Crippen molar-refractivity contribution in [3.63, 3.8) is 0 Å². The number of nitrogens with zero attached hydrogens (tertiary/aromatic N) is 8. The Bertz CT molecular complexity index is 516. The molecule has 0 saturated heterocycles. The molecule has 19 nitrogen and oxygen atoms in total. The van der Waals surface area contributed by atoms with E-state index in [1.807, 2.05) is 50.2 Å². The Morgan fingerprint density at radius 2 is 0.788 bits per heavy atom. The van der Waals surface area contributed by atoms with Gasteiger partial charge in [0.25, 0.3) is 0 Å². The predicted molar refractivity (Wildman–Crippen MR) is 106 cm³/mol. The van der Waals surface area contributed by atoms with Gasteiger partial charge in [-0.1, -0.05) is 12.1 Å². The quantitative estimate of drug-likeness (QED) is 0.226. The minimum atomic E-state index is 0. The van der Waals surface area contributed by atoms with Crippen LogP contribution < -0.4 is 11.2 Å². The monoisotopic (exact) mass is 650 g/mol. The van der Waals surface area contributed by atoms with Gasteiger partial charge in [0, 0.05) is 23.8 Å². The summed E-state index contributed by atoms with van der Waals surface area (Å²) in [6.45, 7) is 3.94. The molecule has 2 aromatic heterocycles. The second-order valence-electron chi connectivity index (χ2n) is 3.24. The van der Waals surface area contributed by atoms with Crippen molar-refractivity contribution in [1.82, 2.24) is 21.2 Å². The summed E-state index contributed by atoms with van der Waals surface area (Å²) in [4.78, 5) is 54.5. The van der Waals surface area contributed by atoms with Crippen LogP contribution in [0.5, 0.6) is 0 Å². The zero-order chi connectivity index (χ0) is 25.1. The third-order valence-electron chi connectivity index (χ3n) is 1.63. The number of pyridine rings is 2. The fourth-order valence-electron chi connectivity index (χ4n) is 0.896. The minimum absolute atomic E-state index is 0. The molecule has 184 valence electrons. The smallest absolute Gasteiger partial charge is 2.00 e. The van der Waals surface area contributed by atoms with Crippen LogP contribution >= 0.6 is 0 Å². The third kappa shape index (κ3) is 129. The van der Waals surface area contributed by atoms with Crippen molar-refractivity contribution in [3.8, 4) is 0 Å². The molecule has 2 aromatic rings. The largest absolute Gasteiger partial charge is 3.00 e. The summed E-state index contributed by atoms with van der Waals surface area (Å²) in [6.07, 6.45) is 3.57. The number of rotatable bonds is 0. The van der Waals surface area contributed by atoms with Crippen LogP contribution in [0.1, 0.15) is 11.4 Å². The van der Waals surface area contributed by atoms with Crippen molar-refractivity contribution in [2.24, 2.45) is 21.4 Å². The minimum Gasteiger partial charge on any atom is -2.00 e. The molecule has 0 aliphatic rings. The number of hydrogen-bond donors (Lipinski definition) is 0. The van der Waals surface area contributed by atoms with E-state index in [0.29, 0.717) is 0 Å². The Kier molecular flexibility index (Phi) is 137. The number of nitroso groups, excluding NO2 is 2. The maximum atomic E-state index is 8.00. The average molecular weight is 648 g/mol. The normalized spacial score (nSPS) is 5.39. The molecule has 0 N–H and O–H groups in total. The number of aromatic nitrogens is 2. The molecule has 0 saturated carbocycles. The Morgan fingerprint density at radius 3 is 0.848 bits per heavy atom. The standard InChI is InChI=1S/2C6H7N.4HNO2.2NO.O.2Ru/c2*1-6-4-2-3-5-7-6;4*2-1-3;2*1-2;;;/h2*2-5H,1H3;4*(H,2,3);;;;;/q;;;;;;;;-2;2*+3/p-4. The van der Waals surface area contributed by atoms with E-state index in [1.165, 1.54) is 0 Å². The first-order chi connectivity index (χ1) is 14.4. The van der Waals surface area contributed by atoms with Crippen LogP contribution in [0.15, 0.2) is 70.2 Å². The zero-order valence-corrected chi connectivity index (χ0v) is 19.9. The van der Waals surface area contributed by atoms with Crippen molar-refractivity contribution < 1.29 is 44.4 Å². The number of hydrogen-bond acceptors (Lipinski definition) is 16. The van der Waals surface area contributed by atoms with Gasteiger partial charge in [0.2, 0.25) is 0 Å². The van der Waals surface area contributed by atoms with Crippen LogP contribution in [0, 0.1) is 64.1 Å². The molecule has 0 aliphatic heterocycles. The predicted octanol–water partition coefficient (Wildman–Crippen LogP) is 2.76. The van der Waals surface area contributed by atoms with Crippen molar-refractivity contribution in [1.29, 1.82) is 0 Å². The van der Waals surface area contributed by atoms with Crippen LogP contribution in [-0.4, -0.2) is 9.97 Å². The Hall–Kier alpha value is -3.69. The van der Waals surface area contributed by atoms with Crippen LogP contribution in [0.25, 0.3) is 0 Å². The van der Waals surface area contributed by atoms with Crippen molar-refractivity contribution in [3.05, 3.63) is 110 Å². The summed E-state index contributed by atoms with van der Waals surface area (Å²) in [5.41, 5.74) is 13.6. The molecule has 0 spiro atoms. The van der Waals surface area contributed by atoms with E-state index in [9.17, 15) is 0 Å². The molecule has 21 heteroatoms. The molecule has 2 heterocycles. The van der Waals surface area contributed by atoms with Crippen molar-refractivity contribution in [2.75, 3.05) is 0 Å². The van der Waals surface area contributed by atoms with Gasteiger partial charge in [-0.25, -0.2) is 0 Å². The van der Waals surface area contributed by atoms with E-state index < -0.39 is 0 Å². The summed E-state index contributed by atoms with van der Waals surface area (Å²) < 4.78 is 0. The molecule has 0 bridgehead atoms. The topological polar surface area (TPSA) is 343 Å². The van der Waals surface area contributed by atoms with Crippen LogP contribution in [-0.2, 0) is 44.4 Å². The first-order valence-corrected chi connectivity index (χ1v) is 6.37. The van der Waals surface area contributed by atoms with E-state index in [-0.39, 0.29) is 44.4 Å². The van der Waals surface area contributed by atoms with E-state index in [2.05, 4.69) is 9.97 Å². The van der Waals surface area contributed by atoms with E-state index in [4.69, 9.17) is 61.5 Å². The van der Waals surface area contributed by atoms with Crippen molar-refractivity contribution in [2.45, 2.75) is 13.8 Å². The zero-order valence-electron chi connectivity index (χ0n) is 16.4. The van der Waals surface area contributed by atoms with E-state index >= 15 is 0 Å². The first kappa shape index (κ1) is 56.9. The SMILES string of the molecule is Cc1ccccn1.Cc1ccccn1.O=N[O-].O=N[O-].O=N[O-].O=N[O-].[N]=O.[N]=O.[O-2].[Ru+3].[Ru+3]. The Balaban J connectivity index is -0.0000000298. The molecule has 33 heavy (non-hydrogen) atoms. The molecule has 0 atom stereocenters. The molecule has 0 unspecified atom stereocenters. The molecular formula is C12H14N8O11Ru2. The van der Waals surface area contributed by atoms with Crippen LogP contribution in [0.4, 0.5) is 0 Å². The summed E-state index contributed by atoms with van der Waals surface area (Å²) in [6, 6.07) is 11.7. The second-order valence-corrected chi connectivity index (χ2v) is 3.24. The van der Waals surface area contributed by atoms with Gasteiger partial charge in [0.15, 0.2) is 0 Å². The van der Waals surface area contributed by atoms with Gasteiger partial charge in [0.05, 0.1) is 0 Å². The summed E-state index contributed by atoms with van der Waals surface area (Å²) in [5, 5.41) is 36.0. The fraction of sp³-hybridized carbons (Fsp3) is 0.167. The Morgan fingerprint density at radius 1 is 0.606 bits per heavy atom. The maximum absolute atomic E-state index is 8.00. The molecule has 0 aromatic carbocycles. The van der Waals surface area contributed by atoms with Gasteiger partial charge in [-0.05, 0) is 38.1 Å². The molecule has 2 rings (SSSR count). The summed E-state index contributed by atoms with van der Waals surface area (Å²) >= 11 is 0. The molecule has 0 fully saturated rings. The van der Waals surface area contributed by atoms with Gasteiger partial charge in [-0.3, -0.25) is 9.97 Å². The summed E-state index contributed by atoms with van der Waals surface area (Å²) in [7, 11) is 0. The van der Waals surface area contributed by atoms with Crippen molar-refractivity contribution >= 4 is 0 Å². The van der Waals surface area contributed by atoms with Crippen LogP contribution in [0.3, 0.4) is 0 Å². The number of aryl methyl sites for hydroxylation is 2. The average Bonchev–Trinajstić information content (AvgIpc) is 2.75. The maximum Gasteiger partial charge on any atom is 3.00 e. The van der Waals surface area contributed by atoms with Gasteiger partial charge >= 0.3 is 39.0 Å². The molecule has 0 aliphatic carbocycles.